The van der Waals surface area contributed by atoms with E-state index in [1.54, 1.807) is 42.6 Å². The number of benzene rings is 3. The number of para-hydroxylation sites is 3. The minimum absolute atomic E-state index is 0.223. The highest BCUT2D eigenvalue weighted by atomic mass is 32.2. The molecule has 7 heteroatoms. The van der Waals surface area contributed by atoms with Crippen molar-refractivity contribution in [2.45, 2.75) is 63.8 Å². The van der Waals surface area contributed by atoms with E-state index in [1.807, 2.05) is 37.3 Å². The molecule has 4 rings (SSSR count). The van der Waals surface area contributed by atoms with Gasteiger partial charge in [0.2, 0.25) is 5.95 Å². The Hall–Kier alpha value is -3.45. The molecule has 0 saturated carbocycles. The van der Waals surface area contributed by atoms with E-state index in [1.165, 1.54) is 32.1 Å². The van der Waals surface area contributed by atoms with E-state index in [9.17, 15) is 8.42 Å². The van der Waals surface area contributed by atoms with Crippen molar-refractivity contribution in [2.24, 2.45) is 4.99 Å². The lowest BCUT2D eigenvalue weighted by Gasteiger charge is -2.11. The molecule has 0 unspecified atom stereocenters. The van der Waals surface area contributed by atoms with Gasteiger partial charge < -0.3 is 4.57 Å². The molecule has 6 nitrogen and oxygen atoms in total. The van der Waals surface area contributed by atoms with Crippen LogP contribution >= 0.6 is 0 Å². The van der Waals surface area contributed by atoms with Crippen molar-refractivity contribution in [1.82, 2.24) is 9.55 Å². The average Bonchev–Trinajstić information content (AvgIpc) is 3.23. The van der Waals surface area contributed by atoms with Crippen LogP contribution in [0, 0.1) is 6.92 Å². The summed E-state index contributed by atoms with van der Waals surface area (Å²) in [5, 5.41) is 0. The highest BCUT2D eigenvalue weighted by Gasteiger charge is 2.15. The Bertz CT molecular complexity index is 1420. The second kappa shape index (κ2) is 12.0. The van der Waals surface area contributed by atoms with E-state index in [2.05, 4.69) is 22.3 Å². The van der Waals surface area contributed by atoms with Crippen LogP contribution in [0.5, 0.6) is 0 Å². The lowest BCUT2D eigenvalue weighted by Crippen LogP contribution is -2.14. The number of aliphatic imine (C=N–C) groups is 1. The maximum Gasteiger partial charge on any atom is 0.261 e. The van der Waals surface area contributed by atoms with Gasteiger partial charge in [-0.3, -0.25) is 4.72 Å². The van der Waals surface area contributed by atoms with Gasteiger partial charge in [0.05, 0.1) is 21.6 Å². The molecule has 0 aliphatic carbocycles. The Morgan fingerprint density at radius 3 is 2.39 bits per heavy atom. The van der Waals surface area contributed by atoms with Gasteiger partial charge in [0.1, 0.15) is 0 Å². The van der Waals surface area contributed by atoms with Crippen LogP contribution in [0.3, 0.4) is 0 Å². The predicted octanol–water partition coefficient (Wildman–Crippen LogP) is 7.26. The molecule has 0 amide bonds. The fourth-order valence-electron chi connectivity index (χ4n) is 4.18. The molecule has 188 valence electrons. The smallest absolute Gasteiger partial charge is 0.261 e. The zero-order valence-electron chi connectivity index (χ0n) is 21.0. The van der Waals surface area contributed by atoms with Gasteiger partial charge in [-0.25, -0.2) is 18.4 Å². The molecule has 0 atom stereocenters. The lowest BCUT2D eigenvalue weighted by molar-refractivity contribution is 0.565. The number of anilines is 1. The highest BCUT2D eigenvalue weighted by Crippen LogP contribution is 2.24. The van der Waals surface area contributed by atoms with E-state index < -0.39 is 10.0 Å². The van der Waals surface area contributed by atoms with Crippen LogP contribution in [0.25, 0.3) is 11.0 Å². The number of aromatic nitrogens is 2. The Morgan fingerprint density at radius 2 is 1.58 bits per heavy atom. The van der Waals surface area contributed by atoms with E-state index >= 15 is 0 Å². The molecule has 0 bridgehead atoms. The van der Waals surface area contributed by atoms with Gasteiger partial charge in [-0.1, -0.05) is 87.1 Å². The summed E-state index contributed by atoms with van der Waals surface area (Å²) in [6.07, 6.45) is 8.99. The Morgan fingerprint density at radius 1 is 0.889 bits per heavy atom. The second-order valence-electron chi connectivity index (χ2n) is 9.08. The molecule has 0 radical (unpaired) electrons. The topological polar surface area (TPSA) is 76.3 Å². The van der Waals surface area contributed by atoms with Gasteiger partial charge in [0.25, 0.3) is 10.0 Å². The molecule has 36 heavy (non-hydrogen) atoms. The highest BCUT2D eigenvalue weighted by molar-refractivity contribution is 7.92. The van der Waals surface area contributed by atoms with Crippen molar-refractivity contribution in [3.05, 3.63) is 83.9 Å². The third kappa shape index (κ3) is 6.40. The zero-order chi connectivity index (χ0) is 25.4. The van der Waals surface area contributed by atoms with Gasteiger partial charge in [0.15, 0.2) is 0 Å². The summed E-state index contributed by atoms with van der Waals surface area (Å²) in [5.41, 5.74) is 4.12. The average molecular weight is 503 g/mol. The number of aryl methyl sites for hydroxylation is 2. The summed E-state index contributed by atoms with van der Waals surface area (Å²) in [6, 6.07) is 22.1. The predicted molar refractivity (Wildman–Crippen MR) is 149 cm³/mol. The summed E-state index contributed by atoms with van der Waals surface area (Å²) in [6.45, 7) is 5.00. The maximum atomic E-state index is 13.0. The first-order valence-electron chi connectivity index (χ1n) is 12.7. The molecule has 4 aromatic rings. The number of nitrogens with one attached hydrogen (secondary N) is 1. The largest absolute Gasteiger partial charge is 0.308 e. The number of fused-ring (bicyclic) bond motifs is 1. The number of rotatable bonds is 12. The summed E-state index contributed by atoms with van der Waals surface area (Å²) in [4.78, 5) is 9.67. The maximum absolute atomic E-state index is 13.0. The summed E-state index contributed by atoms with van der Waals surface area (Å²) < 4.78 is 30.8. The SMILES string of the molecule is CCCCCCCCn1c(N=Cc2ccccc2NS(=O)(=O)c2ccc(C)cc2)nc2ccccc21. The summed E-state index contributed by atoms with van der Waals surface area (Å²) >= 11 is 0. The van der Waals surface area contributed by atoms with Gasteiger partial charge in [0, 0.05) is 18.3 Å². The molecule has 0 spiro atoms. The molecule has 1 aromatic heterocycles. The standard InChI is InChI=1S/C29H34N4O2S/c1-3-4-5-6-7-12-21-33-28-16-11-10-15-27(28)31-29(33)30-22-24-13-8-9-14-26(24)32-36(34,35)25-19-17-23(2)18-20-25/h8-11,13-20,22,32H,3-7,12,21H2,1-2H3. The minimum Gasteiger partial charge on any atom is -0.308 e. The fourth-order valence-corrected chi connectivity index (χ4v) is 5.27. The molecule has 0 fully saturated rings. The molecule has 0 aliphatic rings. The van der Waals surface area contributed by atoms with E-state index in [0.29, 0.717) is 17.2 Å². The first-order chi connectivity index (χ1) is 17.5. The van der Waals surface area contributed by atoms with Crippen LogP contribution in [0.2, 0.25) is 0 Å². The number of hydrogen-bond acceptors (Lipinski definition) is 4. The third-order valence-corrected chi connectivity index (χ3v) is 7.61. The zero-order valence-corrected chi connectivity index (χ0v) is 21.8. The second-order valence-corrected chi connectivity index (χ2v) is 10.8. The van der Waals surface area contributed by atoms with Crippen LogP contribution in [-0.4, -0.2) is 24.2 Å². The first kappa shape index (κ1) is 25.6. The van der Waals surface area contributed by atoms with Crippen molar-refractivity contribution in [2.75, 3.05) is 4.72 Å². The number of sulfonamides is 1. The molecule has 1 heterocycles. The molecule has 1 N–H and O–H groups in total. The van der Waals surface area contributed by atoms with Crippen molar-refractivity contribution in [1.29, 1.82) is 0 Å². The van der Waals surface area contributed by atoms with Crippen LogP contribution < -0.4 is 4.72 Å². The van der Waals surface area contributed by atoms with Crippen molar-refractivity contribution in [3.8, 4) is 0 Å². The number of hydrogen-bond donors (Lipinski definition) is 1. The summed E-state index contributed by atoms with van der Waals surface area (Å²) in [7, 11) is -3.72. The number of nitrogens with zero attached hydrogens (tertiary/aromatic N) is 3. The number of imidazole rings is 1. The fraction of sp³-hybridized carbons (Fsp3) is 0.310. The van der Waals surface area contributed by atoms with Gasteiger partial charge in [-0.05, 0) is 43.7 Å². The Balaban J connectivity index is 1.56. The van der Waals surface area contributed by atoms with Crippen LogP contribution in [0.4, 0.5) is 11.6 Å². The minimum atomic E-state index is -3.72. The monoisotopic (exact) mass is 502 g/mol. The van der Waals surface area contributed by atoms with Gasteiger partial charge in [-0.15, -0.1) is 0 Å². The van der Waals surface area contributed by atoms with E-state index in [4.69, 9.17) is 9.98 Å². The molecule has 3 aromatic carbocycles. The molecule has 0 saturated heterocycles. The van der Waals surface area contributed by atoms with E-state index in [0.717, 1.165) is 29.6 Å². The van der Waals surface area contributed by atoms with Crippen LogP contribution in [0.1, 0.15) is 56.6 Å². The molecular weight excluding hydrogens is 468 g/mol. The van der Waals surface area contributed by atoms with Crippen LogP contribution in [0.15, 0.2) is 82.7 Å². The summed E-state index contributed by atoms with van der Waals surface area (Å²) in [5.74, 6) is 0.626. The quantitative estimate of drug-likeness (QED) is 0.164. The Labute approximate surface area is 214 Å². The number of unbranched alkanes of at least 4 members (excludes halogenated alkanes) is 5. The first-order valence-corrected chi connectivity index (χ1v) is 14.1. The van der Waals surface area contributed by atoms with E-state index in [-0.39, 0.29) is 4.90 Å². The van der Waals surface area contributed by atoms with Crippen molar-refractivity contribution >= 4 is 38.9 Å². The van der Waals surface area contributed by atoms with Crippen molar-refractivity contribution in [3.63, 3.8) is 0 Å². The molecule has 0 aliphatic heterocycles. The Kier molecular flexibility index (Phi) is 8.54. The third-order valence-electron chi connectivity index (χ3n) is 6.23. The van der Waals surface area contributed by atoms with Crippen LogP contribution in [-0.2, 0) is 16.6 Å². The van der Waals surface area contributed by atoms with Gasteiger partial charge >= 0.3 is 0 Å². The normalized spacial score (nSPS) is 11.9. The molecular formula is C29H34N4O2S. The lowest BCUT2D eigenvalue weighted by atomic mass is 10.1. The van der Waals surface area contributed by atoms with Crippen molar-refractivity contribution < 1.29 is 8.42 Å². The van der Waals surface area contributed by atoms with Gasteiger partial charge in [-0.2, -0.15) is 0 Å².